The van der Waals surface area contributed by atoms with Crippen molar-refractivity contribution in [3.63, 3.8) is 0 Å². The molecular weight excluding hydrogens is 180 g/mol. The van der Waals surface area contributed by atoms with Crippen LogP contribution in [-0.4, -0.2) is 42.3 Å². The zero-order valence-corrected chi connectivity index (χ0v) is 8.62. The van der Waals surface area contributed by atoms with Crippen molar-refractivity contribution in [2.75, 3.05) is 20.1 Å². The molecule has 2 heterocycles. The third-order valence-corrected chi connectivity index (χ3v) is 3.54. The second-order valence-corrected chi connectivity index (χ2v) is 4.77. The number of hydrogen-bond acceptors (Lipinski definition) is 3. The lowest BCUT2D eigenvalue weighted by atomic mass is 9.71. The second-order valence-electron chi connectivity index (χ2n) is 4.77. The number of piperidine rings is 2. The van der Waals surface area contributed by atoms with Gasteiger partial charge in [0.2, 0.25) is 5.91 Å². The molecule has 4 heteroatoms. The number of amides is 1. The zero-order valence-electron chi connectivity index (χ0n) is 8.62. The summed E-state index contributed by atoms with van der Waals surface area (Å²) in [6.07, 6.45) is 2.77. The van der Waals surface area contributed by atoms with Crippen LogP contribution in [0.4, 0.5) is 0 Å². The van der Waals surface area contributed by atoms with Crippen molar-refractivity contribution in [3.8, 4) is 0 Å². The van der Waals surface area contributed by atoms with E-state index in [2.05, 4.69) is 17.3 Å². The van der Waals surface area contributed by atoms with E-state index < -0.39 is 6.23 Å². The highest BCUT2D eigenvalue weighted by Crippen LogP contribution is 2.40. The third-order valence-electron chi connectivity index (χ3n) is 3.54. The van der Waals surface area contributed by atoms with E-state index in [1.807, 2.05) is 0 Å². The minimum absolute atomic E-state index is 0.00769. The molecule has 0 bridgehead atoms. The Morgan fingerprint density at radius 2 is 2.14 bits per heavy atom. The van der Waals surface area contributed by atoms with Crippen molar-refractivity contribution in [1.29, 1.82) is 0 Å². The Balaban J connectivity index is 2.04. The lowest BCUT2D eigenvalue weighted by Gasteiger charge is -2.44. The van der Waals surface area contributed by atoms with Gasteiger partial charge in [-0.1, -0.05) is 0 Å². The minimum Gasteiger partial charge on any atom is -0.374 e. The molecule has 14 heavy (non-hydrogen) atoms. The third kappa shape index (κ3) is 1.91. The molecule has 1 atom stereocenters. The van der Waals surface area contributed by atoms with Crippen LogP contribution < -0.4 is 5.32 Å². The predicted molar refractivity (Wildman–Crippen MR) is 52.5 cm³/mol. The molecule has 0 aromatic carbocycles. The average molecular weight is 198 g/mol. The molecule has 0 aromatic heterocycles. The number of likely N-dealkylation sites (tertiary alicyclic amines) is 1. The molecule has 80 valence electrons. The molecule has 0 radical (unpaired) electrons. The quantitative estimate of drug-likeness (QED) is 0.573. The number of carbonyl (C=O) groups excluding carboxylic acids is 1. The summed E-state index contributed by atoms with van der Waals surface area (Å²) < 4.78 is 0. The number of hydrogen-bond donors (Lipinski definition) is 2. The Bertz CT molecular complexity index is 234. The van der Waals surface area contributed by atoms with Gasteiger partial charge in [-0.25, -0.2) is 0 Å². The van der Waals surface area contributed by atoms with Crippen LogP contribution in [0.3, 0.4) is 0 Å². The summed E-state index contributed by atoms with van der Waals surface area (Å²) in [5.74, 6) is 0.00769. The number of aliphatic hydroxyl groups is 1. The maximum atomic E-state index is 11.3. The van der Waals surface area contributed by atoms with Gasteiger partial charge in [-0.3, -0.25) is 4.79 Å². The molecule has 1 unspecified atom stereocenters. The van der Waals surface area contributed by atoms with E-state index in [4.69, 9.17) is 0 Å². The highest BCUT2D eigenvalue weighted by molar-refractivity contribution is 5.77. The summed E-state index contributed by atoms with van der Waals surface area (Å²) in [4.78, 5) is 13.6. The fourth-order valence-electron chi connectivity index (χ4n) is 2.58. The van der Waals surface area contributed by atoms with E-state index in [1.165, 1.54) is 0 Å². The molecule has 2 N–H and O–H groups in total. The molecule has 2 aliphatic heterocycles. The summed E-state index contributed by atoms with van der Waals surface area (Å²) in [6.45, 7) is 2.08. The van der Waals surface area contributed by atoms with Gasteiger partial charge in [0.25, 0.3) is 0 Å². The molecule has 4 nitrogen and oxygen atoms in total. The lowest BCUT2D eigenvalue weighted by Crippen LogP contribution is -2.51. The number of nitrogens with one attached hydrogen (secondary N) is 1. The molecule has 1 spiro atoms. The topological polar surface area (TPSA) is 52.6 Å². The molecule has 0 aliphatic carbocycles. The molecule has 0 saturated carbocycles. The fraction of sp³-hybridized carbons (Fsp3) is 0.900. The Labute approximate surface area is 84.3 Å². The first kappa shape index (κ1) is 9.93. The van der Waals surface area contributed by atoms with Crippen LogP contribution >= 0.6 is 0 Å². The fourth-order valence-corrected chi connectivity index (χ4v) is 2.58. The number of aliphatic hydroxyl groups excluding tert-OH is 1. The van der Waals surface area contributed by atoms with Gasteiger partial charge in [0.1, 0.15) is 6.23 Å². The van der Waals surface area contributed by atoms with E-state index in [9.17, 15) is 9.90 Å². The summed E-state index contributed by atoms with van der Waals surface area (Å²) in [6, 6.07) is 0. The minimum atomic E-state index is -0.625. The standard InChI is InChI=1S/C10H18N2O2/c1-12-4-2-10(3-5-12)6-8(13)11-9(14)7-10/h8,13H,2-7H2,1H3,(H,11,14). The smallest absolute Gasteiger partial charge is 0.222 e. The van der Waals surface area contributed by atoms with Gasteiger partial charge in [0, 0.05) is 6.42 Å². The SMILES string of the molecule is CN1CCC2(CC1)CC(=O)NC(O)C2. The summed E-state index contributed by atoms with van der Waals surface area (Å²) >= 11 is 0. The number of nitrogens with zero attached hydrogens (tertiary/aromatic N) is 1. The van der Waals surface area contributed by atoms with E-state index >= 15 is 0 Å². The van der Waals surface area contributed by atoms with Gasteiger partial charge in [0.15, 0.2) is 0 Å². The highest BCUT2D eigenvalue weighted by atomic mass is 16.3. The van der Waals surface area contributed by atoms with Crippen LogP contribution in [0.2, 0.25) is 0 Å². The van der Waals surface area contributed by atoms with Gasteiger partial charge >= 0.3 is 0 Å². The van der Waals surface area contributed by atoms with E-state index in [0.717, 1.165) is 32.4 Å². The first-order chi connectivity index (χ1) is 6.60. The van der Waals surface area contributed by atoms with Gasteiger partial charge in [-0.2, -0.15) is 0 Å². The number of rotatable bonds is 0. The largest absolute Gasteiger partial charge is 0.374 e. The Kier molecular flexibility index (Phi) is 2.49. The van der Waals surface area contributed by atoms with E-state index in [-0.39, 0.29) is 11.3 Å². The molecule has 2 aliphatic rings. The maximum absolute atomic E-state index is 11.3. The maximum Gasteiger partial charge on any atom is 0.222 e. The normalized spacial score (nSPS) is 33.0. The summed E-state index contributed by atoms with van der Waals surface area (Å²) in [5.41, 5.74) is 0.0776. The molecule has 0 aromatic rings. The average Bonchev–Trinajstić information content (AvgIpc) is 2.09. The molecule has 2 fully saturated rings. The summed E-state index contributed by atoms with van der Waals surface area (Å²) in [7, 11) is 2.10. The van der Waals surface area contributed by atoms with Gasteiger partial charge in [-0.05, 0) is 44.8 Å². The van der Waals surface area contributed by atoms with Crippen molar-refractivity contribution < 1.29 is 9.90 Å². The second kappa shape index (κ2) is 3.51. The van der Waals surface area contributed by atoms with Gasteiger partial charge in [-0.15, -0.1) is 0 Å². The Morgan fingerprint density at radius 3 is 2.71 bits per heavy atom. The molecule has 2 rings (SSSR count). The van der Waals surface area contributed by atoms with Crippen LogP contribution in [0.25, 0.3) is 0 Å². The van der Waals surface area contributed by atoms with Crippen LogP contribution in [0.15, 0.2) is 0 Å². The van der Waals surface area contributed by atoms with Crippen molar-refractivity contribution in [2.24, 2.45) is 5.41 Å². The van der Waals surface area contributed by atoms with Crippen LogP contribution in [0.5, 0.6) is 0 Å². The zero-order chi connectivity index (χ0) is 10.2. The molecular formula is C10H18N2O2. The Hall–Kier alpha value is -0.610. The lowest BCUT2D eigenvalue weighted by molar-refractivity contribution is -0.134. The predicted octanol–water partition coefficient (Wildman–Crippen LogP) is -0.0732. The Morgan fingerprint density at radius 1 is 1.50 bits per heavy atom. The summed E-state index contributed by atoms with van der Waals surface area (Å²) in [5, 5.41) is 12.1. The van der Waals surface area contributed by atoms with Crippen molar-refractivity contribution >= 4 is 5.91 Å². The van der Waals surface area contributed by atoms with Crippen molar-refractivity contribution in [3.05, 3.63) is 0 Å². The molecule has 2 saturated heterocycles. The number of carbonyl (C=O) groups is 1. The first-order valence-electron chi connectivity index (χ1n) is 5.26. The van der Waals surface area contributed by atoms with E-state index in [0.29, 0.717) is 6.42 Å². The van der Waals surface area contributed by atoms with Crippen LogP contribution in [0, 0.1) is 5.41 Å². The van der Waals surface area contributed by atoms with Gasteiger partial charge in [0.05, 0.1) is 0 Å². The van der Waals surface area contributed by atoms with Crippen LogP contribution in [-0.2, 0) is 4.79 Å². The van der Waals surface area contributed by atoms with Crippen molar-refractivity contribution in [1.82, 2.24) is 10.2 Å². The van der Waals surface area contributed by atoms with Crippen LogP contribution in [0.1, 0.15) is 25.7 Å². The van der Waals surface area contributed by atoms with E-state index in [1.54, 1.807) is 0 Å². The first-order valence-corrected chi connectivity index (χ1v) is 5.26. The molecule has 1 amide bonds. The van der Waals surface area contributed by atoms with Crippen molar-refractivity contribution in [2.45, 2.75) is 31.9 Å². The van der Waals surface area contributed by atoms with Gasteiger partial charge < -0.3 is 15.3 Å². The highest BCUT2D eigenvalue weighted by Gasteiger charge is 2.40. The monoisotopic (exact) mass is 198 g/mol.